The van der Waals surface area contributed by atoms with E-state index < -0.39 is 0 Å². The topological polar surface area (TPSA) is 75.6 Å². The molecule has 0 aromatic carbocycles. The predicted molar refractivity (Wildman–Crippen MR) is 68.8 cm³/mol. The third-order valence-electron chi connectivity index (χ3n) is 1.89. The van der Waals surface area contributed by atoms with Gasteiger partial charge in [-0.15, -0.1) is 4.98 Å². The minimum absolute atomic E-state index is 0.0211. The van der Waals surface area contributed by atoms with Gasteiger partial charge < -0.3 is 18.9 Å². The minimum Gasteiger partial charge on any atom is -0.461 e. The van der Waals surface area contributed by atoms with E-state index in [1.807, 2.05) is 13.8 Å². The zero-order valence-corrected chi connectivity index (χ0v) is 11.9. The largest absolute Gasteiger partial charge is 0.461 e. The van der Waals surface area contributed by atoms with Crippen LogP contribution in [0.15, 0.2) is 0 Å². The molecule has 0 amide bonds. The van der Waals surface area contributed by atoms with Gasteiger partial charge in [-0.3, -0.25) is 0 Å². The van der Waals surface area contributed by atoms with Crippen LogP contribution in [0.4, 0.5) is 0 Å². The summed E-state index contributed by atoms with van der Waals surface area (Å²) in [4.78, 5) is 11.6. The summed E-state index contributed by atoms with van der Waals surface area (Å²) < 4.78 is 20.8. The SMILES string of the molecule is CCOCCOc1nc(Cl)nc(OCCOCC)n1. The minimum atomic E-state index is 0.0211. The molecular formula is C11H18ClN3O4. The van der Waals surface area contributed by atoms with Crippen molar-refractivity contribution >= 4 is 11.6 Å². The van der Waals surface area contributed by atoms with Crippen LogP contribution in [0.25, 0.3) is 0 Å². The molecule has 19 heavy (non-hydrogen) atoms. The molecule has 1 heterocycles. The molecule has 1 rings (SSSR count). The molecule has 1 aromatic heterocycles. The van der Waals surface area contributed by atoms with Gasteiger partial charge in [0.25, 0.3) is 0 Å². The third kappa shape index (κ3) is 7.09. The average molecular weight is 292 g/mol. The smallest absolute Gasteiger partial charge is 0.324 e. The Morgan fingerprint density at radius 2 is 1.26 bits per heavy atom. The van der Waals surface area contributed by atoms with Crippen molar-refractivity contribution in [3.8, 4) is 12.0 Å². The van der Waals surface area contributed by atoms with Gasteiger partial charge in [-0.1, -0.05) is 0 Å². The number of halogens is 1. The van der Waals surface area contributed by atoms with Gasteiger partial charge >= 0.3 is 12.0 Å². The summed E-state index contributed by atoms with van der Waals surface area (Å²) in [6, 6.07) is 0.234. The molecular weight excluding hydrogens is 274 g/mol. The first-order valence-corrected chi connectivity index (χ1v) is 6.46. The molecule has 0 N–H and O–H groups in total. The number of ether oxygens (including phenoxy) is 4. The van der Waals surface area contributed by atoms with Crippen LogP contribution in [0.2, 0.25) is 5.28 Å². The standard InChI is InChI=1S/C11H18ClN3O4/c1-3-16-5-7-18-10-13-9(12)14-11(15-10)19-8-6-17-4-2/h3-8H2,1-2H3. The number of hydrogen-bond donors (Lipinski definition) is 0. The lowest BCUT2D eigenvalue weighted by Crippen LogP contribution is -2.11. The first kappa shape index (κ1) is 15.9. The monoisotopic (exact) mass is 291 g/mol. The summed E-state index contributed by atoms with van der Waals surface area (Å²) in [6.07, 6.45) is 0. The summed E-state index contributed by atoms with van der Waals surface area (Å²) in [5.74, 6) is 0. The van der Waals surface area contributed by atoms with Crippen molar-refractivity contribution in [2.75, 3.05) is 39.6 Å². The molecule has 108 valence electrons. The molecule has 0 unspecified atom stereocenters. The maximum Gasteiger partial charge on any atom is 0.324 e. The Bertz CT molecular complexity index is 338. The van der Waals surface area contributed by atoms with E-state index in [-0.39, 0.29) is 17.3 Å². The van der Waals surface area contributed by atoms with Crippen LogP contribution < -0.4 is 9.47 Å². The van der Waals surface area contributed by atoms with E-state index in [0.717, 1.165) is 0 Å². The van der Waals surface area contributed by atoms with E-state index in [1.54, 1.807) is 0 Å². The molecule has 0 aliphatic heterocycles. The van der Waals surface area contributed by atoms with Crippen molar-refractivity contribution in [3.05, 3.63) is 5.28 Å². The second-order valence-electron chi connectivity index (χ2n) is 3.26. The Morgan fingerprint density at radius 1 is 0.789 bits per heavy atom. The second-order valence-corrected chi connectivity index (χ2v) is 3.60. The molecule has 0 saturated heterocycles. The summed E-state index contributed by atoms with van der Waals surface area (Å²) >= 11 is 5.75. The molecule has 0 saturated carbocycles. The lowest BCUT2D eigenvalue weighted by Gasteiger charge is -2.07. The number of hydrogen-bond acceptors (Lipinski definition) is 7. The lowest BCUT2D eigenvalue weighted by molar-refractivity contribution is 0.100. The normalized spacial score (nSPS) is 10.5. The van der Waals surface area contributed by atoms with E-state index in [1.165, 1.54) is 0 Å². The Kier molecular flexibility index (Phi) is 8.11. The summed E-state index contributed by atoms with van der Waals surface area (Å²) in [6.45, 7) is 6.67. The average Bonchev–Trinajstić information content (AvgIpc) is 2.39. The van der Waals surface area contributed by atoms with Gasteiger partial charge in [0.15, 0.2) is 0 Å². The third-order valence-corrected chi connectivity index (χ3v) is 2.06. The zero-order chi connectivity index (χ0) is 13.9. The van der Waals surface area contributed by atoms with E-state index in [9.17, 15) is 0 Å². The molecule has 0 fully saturated rings. The molecule has 0 aliphatic rings. The molecule has 8 heteroatoms. The molecule has 0 bridgehead atoms. The van der Waals surface area contributed by atoms with Crippen LogP contribution >= 0.6 is 11.6 Å². The van der Waals surface area contributed by atoms with Crippen LogP contribution in [-0.2, 0) is 9.47 Å². The van der Waals surface area contributed by atoms with Crippen molar-refractivity contribution in [2.45, 2.75) is 13.8 Å². The van der Waals surface area contributed by atoms with Crippen LogP contribution in [-0.4, -0.2) is 54.6 Å². The van der Waals surface area contributed by atoms with Gasteiger partial charge in [-0.25, -0.2) is 0 Å². The number of nitrogens with zero attached hydrogens (tertiary/aromatic N) is 3. The van der Waals surface area contributed by atoms with Gasteiger partial charge in [0.2, 0.25) is 5.28 Å². The summed E-state index contributed by atoms with van der Waals surface area (Å²) in [7, 11) is 0. The summed E-state index contributed by atoms with van der Waals surface area (Å²) in [5.41, 5.74) is 0. The van der Waals surface area contributed by atoms with Gasteiger partial charge in [-0.05, 0) is 25.4 Å². The van der Waals surface area contributed by atoms with E-state index in [4.69, 9.17) is 30.5 Å². The van der Waals surface area contributed by atoms with E-state index in [2.05, 4.69) is 15.0 Å². The van der Waals surface area contributed by atoms with Crippen molar-refractivity contribution < 1.29 is 18.9 Å². The number of aromatic nitrogens is 3. The highest BCUT2D eigenvalue weighted by Crippen LogP contribution is 2.12. The predicted octanol–water partition coefficient (Wildman–Crippen LogP) is 1.36. The van der Waals surface area contributed by atoms with Crippen LogP contribution in [0.3, 0.4) is 0 Å². The molecule has 0 radical (unpaired) electrons. The van der Waals surface area contributed by atoms with Gasteiger partial charge in [0.1, 0.15) is 13.2 Å². The van der Waals surface area contributed by atoms with E-state index in [0.29, 0.717) is 39.6 Å². The van der Waals surface area contributed by atoms with Gasteiger partial charge in [0, 0.05) is 13.2 Å². The number of rotatable bonds is 10. The Morgan fingerprint density at radius 3 is 1.68 bits per heavy atom. The van der Waals surface area contributed by atoms with Crippen LogP contribution in [0.5, 0.6) is 12.0 Å². The van der Waals surface area contributed by atoms with Crippen molar-refractivity contribution in [2.24, 2.45) is 0 Å². The van der Waals surface area contributed by atoms with Gasteiger partial charge in [0.05, 0.1) is 13.2 Å². The lowest BCUT2D eigenvalue weighted by atomic mass is 10.7. The molecule has 7 nitrogen and oxygen atoms in total. The highest BCUT2D eigenvalue weighted by Gasteiger charge is 2.07. The first-order chi connectivity index (χ1) is 9.26. The Balaban J connectivity index is 2.41. The summed E-state index contributed by atoms with van der Waals surface area (Å²) in [5, 5.41) is 0.0211. The van der Waals surface area contributed by atoms with E-state index >= 15 is 0 Å². The highest BCUT2D eigenvalue weighted by molar-refractivity contribution is 6.28. The fourth-order valence-electron chi connectivity index (χ4n) is 1.12. The fourth-order valence-corrected chi connectivity index (χ4v) is 1.26. The molecule has 0 atom stereocenters. The van der Waals surface area contributed by atoms with Crippen LogP contribution in [0.1, 0.15) is 13.8 Å². The van der Waals surface area contributed by atoms with Crippen molar-refractivity contribution in [1.82, 2.24) is 15.0 Å². The van der Waals surface area contributed by atoms with Gasteiger partial charge in [-0.2, -0.15) is 9.97 Å². The molecule has 0 aliphatic carbocycles. The van der Waals surface area contributed by atoms with Crippen LogP contribution in [0, 0.1) is 0 Å². The maximum absolute atomic E-state index is 5.75. The highest BCUT2D eigenvalue weighted by atomic mass is 35.5. The fraction of sp³-hybridized carbons (Fsp3) is 0.727. The Labute approximate surface area is 117 Å². The maximum atomic E-state index is 5.75. The van der Waals surface area contributed by atoms with Crippen molar-refractivity contribution in [3.63, 3.8) is 0 Å². The second kappa shape index (κ2) is 9.71. The molecule has 1 aromatic rings. The Hall–Kier alpha value is -1.18. The van der Waals surface area contributed by atoms with Crippen molar-refractivity contribution in [1.29, 1.82) is 0 Å². The first-order valence-electron chi connectivity index (χ1n) is 6.09. The zero-order valence-electron chi connectivity index (χ0n) is 11.1. The molecule has 0 spiro atoms. The quantitative estimate of drug-likeness (QED) is 0.602.